The summed E-state index contributed by atoms with van der Waals surface area (Å²) >= 11 is 0. The molecule has 0 bridgehead atoms. The summed E-state index contributed by atoms with van der Waals surface area (Å²) in [5.74, 6) is 0.753. The summed E-state index contributed by atoms with van der Waals surface area (Å²) in [6.07, 6.45) is 1.61. The summed E-state index contributed by atoms with van der Waals surface area (Å²) < 4.78 is 22.4. The molecule has 98 valence electrons. The Hall–Kier alpha value is -0.820. The van der Waals surface area contributed by atoms with Crippen molar-refractivity contribution in [3.8, 4) is 0 Å². The lowest BCUT2D eigenvalue weighted by Crippen LogP contribution is -2.44. The minimum Gasteiger partial charge on any atom is -0.338 e. The van der Waals surface area contributed by atoms with Gasteiger partial charge in [0.2, 0.25) is 0 Å². The van der Waals surface area contributed by atoms with Gasteiger partial charge in [-0.05, 0) is 31.8 Å². The van der Waals surface area contributed by atoms with Crippen LogP contribution in [0.25, 0.3) is 0 Å². The largest absolute Gasteiger partial charge is 0.338 e. The zero-order valence-electron chi connectivity index (χ0n) is 9.74. The molecular formula is C10H19N3O3S. The molecule has 0 aliphatic carbocycles. The van der Waals surface area contributed by atoms with E-state index in [4.69, 9.17) is 0 Å². The molecule has 0 aromatic rings. The van der Waals surface area contributed by atoms with Gasteiger partial charge in [-0.1, -0.05) is 0 Å². The smallest absolute Gasteiger partial charge is 0.315 e. The highest BCUT2D eigenvalue weighted by atomic mass is 32.2. The van der Waals surface area contributed by atoms with E-state index in [2.05, 4.69) is 16.0 Å². The standard InChI is InChI=1S/C10H19N3O3S/c14-10(12-6-8-1-3-11-5-8)13-9-2-4-17(15,16)7-9/h8-9,11H,1-7H2,(H2,12,13,14). The molecule has 2 aliphatic heterocycles. The number of amides is 2. The predicted molar refractivity (Wildman–Crippen MR) is 64.6 cm³/mol. The zero-order chi connectivity index (χ0) is 12.3. The molecule has 0 aromatic carbocycles. The van der Waals surface area contributed by atoms with Crippen LogP contribution < -0.4 is 16.0 Å². The molecule has 7 heteroatoms. The molecule has 2 atom stereocenters. The van der Waals surface area contributed by atoms with Gasteiger partial charge in [0.1, 0.15) is 0 Å². The van der Waals surface area contributed by atoms with Gasteiger partial charge in [-0.15, -0.1) is 0 Å². The highest BCUT2D eigenvalue weighted by Crippen LogP contribution is 2.11. The van der Waals surface area contributed by atoms with E-state index in [9.17, 15) is 13.2 Å². The number of nitrogens with one attached hydrogen (secondary N) is 3. The van der Waals surface area contributed by atoms with Crippen molar-refractivity contribution in [3.63, 3.8) is 0 Å². The monoisotopic (exact) mass is 261 g/mol. The van der Waals surface area contributed by atoms with E-state index in [1.807, 2.05) is 0 Å². The second-order valence-corrected chi connectivity index (χ2v) is 7.04. The van der Waals surface area contributed by atoms with Gasteiger partial charge < -0.3 is 16.0 Å². The van der Waals surface area contributed by atoms with Gasteiger partial charge >= 0.3 is 6.03 Å². The van der Waals surface area contributed by atoms with E-state index in [1.54, 1.807) is 0 Å². The van der Waals surface area contributed by atoms with Crippen molar-refractivity contribution in [2.75, 3.05) is 31.1 Å². The number of hydrogen-bond donors (Lipinski definition) is 3. The SMILES string of the molecule is O=C(NCC1CCNC1)NC1CCS(=O)(=O)C1. The van der Waals surface area contributed by atoms with Crippen LogP contribution in [-0.4, -0.2) is 51.6 Å². The van der Waals surface area contributed by atoms with Crippen molar-refractivity contribution in [3.05, 3.63) is 0 Å². The average molecular weight is 261 g/mol. The van der Waals surface area contributed by atoms with Crippen molar-refractivity contribution in [2.45, 2.75) is 18.9 Å². The summed E-state index contributed by atoms with van der Waals surface area (Å²) in [4.78, 5) is 11.5. The topological polar surface area (TPSA) is 87.3 Å². The number of sulfone groups is 1. The molecule has 2 unspecified atom stereocenters. The van der Waals surface area contributed by atoms with Crippen LogP contribution in [0.3, 0.4) is 0 Å². The first-order chi connectivity index (χ1) is 8.05. The van der Waals surface area contributed by atoms with Gasteiger partial charge in [0.05, 0.1) is 11.5 Å². The Balaban J connectivity index is 1.67. The van der Waals surface area contributed by atoms with Crippen LogP contribution in [-0.2, 0) is 9.84 Å². The molecular weight excluding hydrogens is 242 g/mol. The number of carbonyl (C=O) groups excluding carboxylic acids is 1. The number of hydrogen-bond acceptors (Lipinski definition) is 4. The average Bonchev–Trinajstić information content (AvgIpc) is 2.85. The summed E-state index contributed by atoms with van der Waals surface area (Å²) in [5.41, 5.74) is 0. The van der Waals surface area contributed by atoms with Gasteiger partial charge in [-0.25, -0.2) is 13.2 Å². The van der Waals surface area contributed by atoms with Crippen molar-refractivity contribution < 1.29 is 13.2 Å². The first-order valence-corrected chi connectivity index (χ1v) is 7.83. The summed E-state index contributed by atoms with van der Waals surface area (Å²) in [5, 5.41) is 8.73. The summed E-state index contributed by atoms with van der Waals surface area (Å²) in [6.45, 7) is 2.60. The molecule has 2 aliphatic rings. The molecule has 2 fully saturated rings. The second-order valence-electron chi connectivity index (χ2n) is 4.81. The normalized spacial score (nSPS) is 31.3. The lowest BCUT2D eigenvalue weighted by atomic mass is 10.1. The van der Waals surface area contributed by atoms with E-state index in [1.165, 1.54) is 0 Å². The Morgan fingerprint density at radius 3 is 2.76 bits per heavy atom. The maximum atomic E-state index is 11.5. The molecule has 17 heavy (non-hydrogen) atoms. The Bertz CT molecular complexity index is 376. The summed E-state index contributed by atoms with van der Waals surface area (Å²) in [6, 6.07) is -0.472. The molecule has 0 aromatic heterocycles. The first-order valence-electron chi connectivity index (χ1n) is 6.01. The molecule has 6 nitrogen and oxygen atoms in total. The lowest BCUT2D eigenvalue weighted by molar-refractivity contribution is 0.236. The molecule has 2 saturated heterocycles. The predicted octanol–water partition coefficient (Wildman–Crippen LogP) is -0.918. The summed E-state index contributed by atoms with van der Waals surface area (Å²) in [7, 11) is -2.92. The third-order valence-corrected chi connectivity index (χ3v) is 5.05. The van der Waals surface area contributed by atoms with Gasteiger partial charge in [0.25, 0.3) is 0 Å². The third kappa shape index (κ3) is 3.85. The molecule has 0 saturated carbocycles. The highest BCUT2D eigenvalue weighted by molar-refractivity contribution is 7.91. The quantitative estimate of drug-likeness (QED) is 0.613. The van der Waals surface area contributed by atoms with Gasteiger partial charge in [-0.2, -0.15) is 0 Å². The van der Waals surface area contributed by atoms with Crippen LogP contribution in [0.2, 0.25) is 0 Å². The van der Waals surface area contributed by atoms with E-state index in [0.717, 1.165) is 19.5 Å². The molecule has 2 amide bonds. The number of rotatable bonds is 3. The van der Waals surface area contributed by atoms with E-state index in [0.29, 0.717) is 18.9 Å². The Labute approximate surface area is 101 Å². The fourth-order valence-electron chi connectivity index (χ4n) is 2.27. The molecule has 0 radical (unpaired) electrons. The Morgan fingerprint density at radius 2 is 2.18 bits per heavy atom. The van der Waals surface area contributed by atoms with Gasteiger partial charge in [-0.3, -0.25) is 0 Å². The fourth-order valence-corrected chi connectivity index (χ4v) is 3.94. The minimum atomic E-state index is -2.92. The van der Waals surface area contributed by atoms with Crippen LogP contribution in [0.5, 0.6) is 0 Å². The maximum absolute atomic E-state index is 11.5. The zero-order valence-corrected chi connectivity index (χ0v) is 10.6. The van der Waals surface area contributed by atoms with E-state index in [-0.39, 0.29) is 23.6 Å². The van der Waals surface area contributed by atoms with Crippen molar-refractivity contribution in [1.29, 1.82) is 0 Å². The van der Waals surface area contributed by atoms with Crippen LogP contribution in [0.15, 0.2) is 0 Å². The number of urea groups is 1. The van der Waals surface area contributed by atoms with Crippen LogP contribution in [0, 0.1) is 5.92 Å². The lowest BCUT2D eigenvalue weighted by Gasteiger charge is -2.14. The van der Waals surface area contributed by atoms with Crippen molar-refractivity contribution >= 4 is 15.9 Å². The first kappa shape index (κ1) is 12.6. The third-order valence-electron chi connectivity index (χ3n) is 3.28. The minimum absolute atomic E-state index is 0.0748. The molecule has 3 N–H and O–H groups in total. The van der Waals surface area contributed by atoms with Gasteiger partial charge in [0.15, 0.2) is 9.84 Å². The molecule has 2 rings (SSSR count). The molecule has 0 spiro atoms. The second kappa shape index (κ2) is 5.22. The van der Waals surface area contributed by atoms with E-state index < -0.39 is 9.84 Å². The fraction of sp³-hybridized carbons (Fsp3) is 0.900. The maximum Gasteiger partial charge on any atom is 0.315 e. The van der Waals surface area contributed by atoms with Crippen molar-refractivity contribution in [2.24, 2.45) is 5.92 Å². The Kier molecular flexibility index (Phi) is 3.88. The van der Waals surface area contributed by atoms with Crippen LogP contribution in [0.4, 0.5) is 4.79 Å². The van der Waals surface area contributed by atoms with Crippen LogP contribution in [0.1, 0.15) is 12.8 Å². The van der Waals surface area contributed by atoms with Gasteiger partial charge in [0, 0.05) is 12.6 Å². The van der Waals surface area contributed by atoms with Crippen LogP contribution >= 0.6 is 0 Å². The molecule has 2 heterocycles. The van der Waals surface area contributed by atoms with E-state index >= 15 is 0 Å². The number of carbonyl (C=O) groups is 1. The highest BCUT2D eigenvalue weighted by Gasteiger charge is 2.28. The Morgan fingerprint density at radius 1 is 1.35 bits per heavy atom. The van der Waals surface area contributed by atoms with Crippen molar-refractivity contribution in [1.82, 2.24) is 16.0 Å².